The highest BCUT2D eigenvalue weighted by Gasteiger charge is 2.35. The summed E-state index contributed by atoms with van der Waals surface area (Å²) in [5.74, 6) is -0.952. The van der Waals surface area contributed by atoms with Crippen molar-refractivity contribution in [2.45, 2.75) is 45.6 Å². The summed E-state index contributed by atoms with van der Waals surface area (Å²) in [5, 5.41) is 5.63. The average Bonchev–Trinajstić information content (AvgIpc) is 3.20. The van der Waals surface area contributed by atoms with E-state index in [4.69, 9.17) is 18.3 Å². The van der Waals surface area contributed by atoms with Crippen LogP contribution < -0.4 is 10.6 Å². The molecule has 2 atom stereocenters. The van der Waals surface area contributed by atoms with E-state index in [1.807, 2.05) is 0 Å². The third kappa shape index (κ3) is 4.72. The maximum Gasteiger partial charge on any atom is 0.273 e. The Hall–Kier alpha value is -2.72. The fourth-order valence-corrected chi connectivity index (χ4v) is 2.56. The molecule has 0 spiro atoms. The third-order valence-electron chi connectivity index (χ3n) is 4.04. The molecule has 2 aromatic heterocycles. The minimum absolute atomic E-state index is 0.137. The summed E-state index contributed by atoms with van der Waals surface area (Å²) in [4.78, 5) is 32.9. The number of oxazole rings is 2. The van der Waals surface area contributed by atoms with E-state index in [0.29, 0.717) is 11.8 Å². The Kier molecular flexibility index (Phi) is 5.29. The molecule has 0 aliphatic carbocycles. The van der Waals surface area contributed by atoms with Gasteiger partial charge in [-0.25, -0.2) is 9.97 Å². The van der Waals surface area contributed by atoms with Gasteiger partial charge in [0.1, 0.15) is 12.5 Å². The van der Waals surface area contributed by atoms with Gasteiger partial charge in [0, 0.05) is 13.8 Å². The molecule has 2 amide bonds. The lowest BCUT2D eigenvalue weighted by atomic mass is 10.1. The molecule has 2 N–H and O–H groups in total. The minimum Gasteiger partial charge on any atom is -0.448 e. The van der Waals surface area contributed by atoms with E-state index in [1.54, 1.807) is 27.7 Å². The van der Waals surface area contributed by atoms with Gasteiger partial charge in [-0.3, -0.25) is 9.59 Å². The lowest BCUT2D eigenvalue weighted by molar-refractivity contribution is -0.201. The Bertz CT molecular complexity index is 761. The van der Waals surface area contributed by atoms with Crippen molar-refractivity contribution in [2.75, 3.05) is 13.2 Å². The van der Waals surface area contributed by atoms with Crippen molar-refractivity contribution in [3.8, 4) is 0 Å². The van der Waals surface area contributed by atoms with Gasteiger partial charge in [-0.05, 0) is 13.8 Å². The molecule has 0 bridgehead atoms. The van der Waals surface area contributed by atoms with Crippen LogP contribution in [0, 0.1) is 13.8 Å². The molecule has 27 heavy (non-hydrogen) atoms. The average molecular weight is 378 g/mol. The van der Waals surface area contributed by atoms with Crippen LogP contribution >= 0.6 is 0 Å². The van der Waals surface area contributed by atoms with Crippen molar-refractivity contribution >= 4 is 11.8 Å². The topological polar surface area (TPSA) is 129 Å². The van der Waals surface area contributed by atoms with Crippen LogP contribution in [0.3, 0.4) is 0 Å². The summed E-state index contributed by atoms with van der Waals surface area (Å²) in [7, 11) is 0. The molecule has 1 saturated heterocycles. The molecule has 1 aliphatic rings. The maximum absolute atomic E-state index is 12.4. The van der Waals surface area contributed by atoms with Crippen LogP contribution in [-0.2, 0) is 9.47 Å². The second-order valence-electron chi connectivity index (χ2n) is 6.69. The summed E-state index contributed by atoms with van der Waals surface area (Å²) in [6.45, 7) is 7.09. The Morgan fingerprint density at radius 2 is 1.33 bits per heavy atom. The van der Waals surface area contributed by atoms with E-state index in [9.17, 15) is 9.59 Å². The molecule has 10 nitrogen and oxygen atoms in total. The number of carbonyl (C=O) groups excluding carboxylic acids is 2. The first-order valence-corrected chi connectivity index (χ1v) is 8.47. The number of amides is 2. The van der Waals surface area contributed by atoms with Crippen molar-refractivity contribution < 1.29 is 27.9 Å². The molecule has 0 saturated carbocycles. The zero-order valence-corrected chi connectivity index (χ0v) is 15.6. The molecule has 2 aromatic rings. The van der Waals surface area contributed by atoms with Crippen LogP contribution in [0.15, 0.2) is 21.4 Å². The van der Waals surface area contributed by atoms with E-state index < -0.39 is 29.7 Å². The number of rotatable bonds is 4. The molecule has 0 aromatic carbocycles. The van der Waals surface area contributed by atoms with Gasteiger partial charge < -0.3 is 28.9 Å². The fourth-order valence-electron chi connectivity index (χ4n) is 2.56. The predicted molar refractivity (Wildman–Crippen MR) is 91.0 cm³/mol. The third-order valence-corrected chi connectivity index (χ3v) is 4.04. The van der Waals surface area contributed by atoms with Crippen molar-refractivity contribution in [1.29, 1.82) is 0 Å². The summed E-state index contributed by atoms with van der Waals surface area (Å²) in [6, 6.07) is -1.10. The molecule has 1 fully saturated rings. The van der Waals surface area contributed by atoms with Gasteiger partial charge in [-0.2, -0.15) is 0 Å². The number of nitrogens with zero attached hydrogens (tertiary/aromatic N) is 2. The van der Waals surface area contributed by atoms with Crippen LogP contribution in [0.1, 0.15) is 46.6 Å². The van der Waals surface area contributed by atoms with Gasteiger partial charge in [-0.15, -0.1) is 0 Å². The number of aromatic nitrogens is 2. The first kappa shape index (κ1) is 19.1. The molecule has 1 aliphatic heterocycles. The van der Waals surface area contributed by atoms with Gasteiger partial charge in [0.2, 0.25) is 0 Å². The van der Waals surface area contributed by atoms with Crippen molar-refractivity contribution in [2.24, 2.45) is 0 Å². The molecule has 0 radical (unpaired) electrons. The normalized spacial score (nSPS) is 22.1. The highest BCUT2D eigenvalue weighted by atomic mass is 16.7. The van der Waals surface area contributed by atoms with Gasteiger partial charge in [0.25, 0.3) is 11.8 Å². The van der Waals surface area contributed by atoms with Crippen molar-refractivity contribution in [3.05, 3.63) is 35.7 Å². The van der Waals surface area contributed by atoms with Gasteiger partial charge in [0.05, 0.1) is 25.3 Å². The van der Waals surface area contributed by atoms with E-state index >= 15 is 0 Å². The van der Waals surface area contributed by atoms with Crippen LogP contribution in [-0.4, -0.2) is 52.9 Å². The number of hydrogen-bond acceptors (Lipinski definition) is 8. The largest absolute Gasteiger partial charge is 0.448 e. The number of aryl methyl sites for hydroxylation is 2. The fraction of sp³-hybridized carbons (Fsp3) is 0.529. The molecule has 3 heterocycles. The molecule has 0 unspecified atom stereocenters. The van der Waals surface area contributed by atoms with Gasteiger partial charge in [0.15, 0.2) is 29.0 Å². The van der Waals surface area contributed by atoms with E-state index in [0.717, 1.165) is 0 Å². The standard InChI is InChI=1S/C17H22N4O6/c1-9-18-13(5-24-9)15(22)20-11-7-26-17(3,4)27-8-12(11)21-16(23)14-6-25-10(2)19-14/h5-6,11-12H,7-8H2,1-4H3,(H,20,22)(H,21,23)/t11-,12+. The van der Waals surface area contributed by atoms with Crippen LogP contribution in [0.4, 0.5) is 0 Å². The molecule has 146 valence electrons. The monoisotopic (exact) mass is 378 g/mol. The molecular formula is C17H22N4O6. The smallest absolute Gasteiger partial charge is 0.273 e. The zero-order valence-electron chi connectivity index (χ0n) is 15.6. The van der Waals surface area contributed by atoms with Crippen LogP contribution in [0.5, 0.6) is 0 Å². The number of carbonyl (C=O) groups is 2. The highest BCUT2D eigenvalue weighted by molar-refractivity contribution is 5.93. The summed E-state index contributed by atoms with van der Waals surface area (Å²) in [5.41, 5.74) is 0.295. The Morgan fingerprint density at radius 1 is 0.926 bits per heavy atom. The number of nitrogens with one attached hydrogen (secondary N) is 2. The lowest BCUT2D eigenvalue weighted by Gasteiger charge is -2.24. The molecule has 3 rings (SSSR count). The molecular weight excluding hydrogens is 356 g/mol. The predicted octanol–water partition coefficient (Wildman–Crippen LogP) is 0.959. The Balaban J connectivity index is 1.74. The number of ether oxygens (including phenoxy) is 2. The van der Waals surface area contributed by atoms with E-state index in [2.05, 4.69) is 20.6 Å². The minimum atomic E-state index is -0.850. The SMILES string of the molecule is Cc1nc(C(=O)N[C@H]2COC(C)(C)OC[C@H]2NC(=O)c2coc(C)n2)co1. The first-order chi connectivity index (χ1) is 12.7. The van der Waals surface area contributed by atoms with E-state index in [-0.39, 0.29) is 24.6 Å². The van der Waals surface area contributed by atoms with Crippen molar-refractivity contribution in [1.82, 2.24) is 20.6 Å². The maximum atomic E-state index is 12.4. The summed E-state index contributed by atoms with van der Waals surface area (Å²) < 4.78 is 21.5. The lowest BCUT2D eigenvalue weighted by Crippen LogP contribution is -2.54. The second-order valence-corrected chi connectivity index (χ2v) is 6.69. The quantitative estimate of drug-likeness (QED) is 0.805. The van der Waals surface area contributed by atoms with E-state index in [1.165, 1.54) is 12.5 Å². The first-order valence-electron chi connectivity index (χ1n) is 8.47. The Labute approximate surface area is 155 Å². The second kappa shape index (κ2) is 7.49. The summed E-state index contributed by atoms with van der Waals surface area (Å²) >= 11 is 0. The van der Waals surface area contributed by atoms with Gasteiger partial charge >= 0.3 is 0 Å². The van der Waals surface area contributed by atoms with Gasteiger partial charge in [-0.1, -0.05) is 0 Å². The van der Waals surface area contributed by atoms with Crippen LogP contribution in [0.25, 0.3) is 0 Å². The van der Waals surface area contributed by atoms with Crippen LogP contribution in [0.2, 0.25) is 0 Å². The number of hydrogen-bond donors (Lipinski definition) is 2. The Morgan fingerprint density at radius 3 is 1.67 bits per heavy atom. The molecule has 10 heteroatoms. The van der Waals surface area contributed by atoms with Crippen molar-refractivity contribution in [3.63, 3.8) is 0 Å². The summed E-state index contributed by atoms with van der Waals surface area (Å²) in [6.07, 6.45) is 2.54. The highest BCUT2D eigenvalue weighted by Crippen LogP contribution is 2.18. The zero-order chi connectivity index (χ0) is 19.6.